The number of piperidine rings is 1. The number of rotatable bonds is 8. The van der Waals surface area contributed by atoms with E-state index < -0.39 is 0 Å². The lowest BCUT2D eigenvalue weighted by atomic mass is 10.0. The van der Waals surface area contributed by atoms with Gasteiger partial charge in [-0.3, -0.25) is 0 Å². The molecule has 1 saturated heterocycles. The highest BCUT2D eigenvalue weighted by Crippen LogP contribution is 2.35. The van der Waals surface area contributed by atoms with Gasteiger partial charge in [0.1, 0.15) is 5.75 Å². The van der Waals surface area contributed by atoms with Crippen molar-refractivity contribution in [1.82, 2.24) is 4.90 Å². The smallest absolute Gasteiger partial charge is 0.119 e. The first-order chi connectivity index (χ1) is 15.8. The fourth-order valence-corrected chi connectivity index (χ4v) is 5.35. The van der Waals surface area contributed by atoms with E-state index in [-0.39, 0.29) is 0 Å². The molecule has 2 heterocycles. The zero-order valence-corrected chi connectivity index (χ0v) is 19.4. The number of likely N-dealkylation sites (tertiary alicyclic amines) is 1. The molecule has 2 aliphatic rings. The first-order valence-electron chi connectivity index (χ1n) is 12.5. The Labute approximate surface area is 193 Å². The molecule has 5 rings (SSSR count). The van der Waals surface area contributed by atoms with Crippen LogP contribution in [0.3, 0.4) is 0 Å². The number of ether oxygens (including phenoxy) is 1. The maximum atomic E-state index is 6.12. The molecular formula is C29H36N2O. The predicted octanol–water partition coefficient (Wildman–Crippen LogP) is 6.61. The summed E-state index contributed by atoms with van der Waals surface area (Å²) >= 11 is 0. The molecule has 168 valence electrons. The van der Waals surface area contributed by atoms with E-state index >= 15 is 0 Å². The van der Waals surface area contributed by atoms with Gasteiger partial charge in [-0.15, -0.1) is 0 Å². The third-order valence-corrected chi connectivity index (χ3v) is 7.29. The van der Waals surface area contributed by atoms with E-state index in [0.717, 1.165) is 31.7 Å². The second-order valence-corrected chi connectivity index (χ2v) is 9.47. The molecule has 0 saturated carbocycles. The van der Waals surface area contributed by atoms with Crippen molar-refractivity contribution in [3.8, 4) is 5.75 Å². The van der Waals surface area contributed by atoms with Crippen LogP contribution in [0.5, 0.6) is 5.75 Å². The Bertz CT molecular complexity index is 1040. The van der Waals surface area contributed by atoms with E-state index in [1.165, 1.54) is 72.9 Å². The molecule has 2 aliphatic heterocycles. The largest absolute Gasteiger partial charge is 0.494 e. The summed E-state index contributed by atoms with van der Waals surface area (Å²) in [6.45, 7) is 8.03. The highest BCUT2D eigenvalue weighted by Gasteiger charge is 2.24. The van der Waals surface area contributed by atoms with E-state index in [2.05, 4.69) is 77.4 Å². The molecule has 1 atom stereocenters. The molecule has 0 bridgehead atoms. The summed E-state index contributed by atoms with van der Waals surface area (Å²) in [7, 11) is 0. The molecule has 3 nitrogen and oxygen atoms in total. The maximum Gasteiger partial charge on any atom is 0.119 e. The van der Waals surface area contributed by atoms with Gasteiger partial charge in [-0.2, -0.15) is 0 Å². The summed E-state index contributed by atoms with van der Waals surface area (Å²) in [6.07, 6.45) is 7.65. The maximum absolute atomic E-state index is 6.12. The van der Waals surface area contributed by atoms with Crippen LogP contribution in [0.15, 0.2) is 60.7 Å². The summed E-state index contributed by atoms with van der Waals surface area (Å²) in [6, 6.07) is 22.6. The monoisotopic (exact) mass is 428 g/mol. The number of hydrogen-bond acceptors (Lipinski definition) is 3. The van der Waals surface area contributed by atoms with Gasteiger partial charge in [0, 0.05) is 12.2 Å². The minimum atomic E-state index is 0.363. The van der Waals surface area contributed by atoms with E-state index in [1.54, 1.807) is 0 Å². The lowest BCUT2D eigenvalue weighted by molar-refractivity contribution is 0.216. The van der Waals surface area contributed by atoms with Gasteiger partial charge in [-0.05, 0) is 105 Å². The van der Waals surface area contributed by atoms with Crippen LogP contribution in [0.1, 0.15) is 56.2 Å². The first kappa shape index (κ1) is 21.3. The minimum absolute atomic E-state index is 0.363. The molecule has 0 N–H and O–H groups in total. The third kappa shape index (κ3) is 4.78. The van der Waals surface area contributed by atoms with E-state index in [9.17, 15) is 0 Å². The Morgan fingerprint density at radius 1 is 0.844 bits per heavy atom. The van der Waals surface area contributed by atoms with Gasteiger partial charge in [-0.1, -0.05) is 42.8 Å². The number of fused-ring (bicyclic) bond motifs is 2. The molecular weight excluding hydrogens is 392 g/mol. The Hall–Kier alpha value is -2.52. The van der Waals surface area contributed by atoms with Crippen LogP contribution >= 0.6 is 0 Å². The van der Waals surface area contributed by atoms with E-state index in [1.807, 2.05) is 0 Å². The van der Waals surface area contributed by atoms with Gasteiger partial charge in [0.05, 0.1) is 12.6 Å². The Kier molecular flexibility index (Phi) is 6.64. The predicted molar refractivity (Wildman–Crippen MR) is 135 cm³/mol. The number of nitrogens with zero attached hydrogens (tertiary/aromatic N) is 2. The summed E-state index contributed by atoms with van der Waals surface area (Å²) in [4.78, 5) is 5.15. The van der Waals surface area contributed by atoms with Crippen molar-refractivity contribution in [2.45, 2.75) is 51.5 Å². The quantitative estimate of drug-likeness (QED) is 0.376. The highest BCUT2D eigenvalue weighted by molar-refractivity contribution is 5.84. The summed E-state index contributed by atoms with van der Waals surface area (Å²) < 4.78 is 6.12. The van der Waals surface area contributed by atoms with Crippen molar-refractivity contribution in [2.75, 3.05) is 37.7 Å². The second-order valence-electron chi connectivity index (χ2n) is 9.47. The van der Waals surface area contributed by atoms with Crippen LogP contribution in [-0.2, 0) is 6.42 Å². The molecule has 0 aliphatic carbocycles. The topological polar surface area (TPSA) is 15.7 Å². The van der Waals surface area contributed by atoms with Gasteiger partial charge in [0.15, 0.2) is 0 Å². The fourth-order valence-electron chi connectivity index (χ4n) is 5.35. The molecule has 3 aromatic carbocycles. The molecule has 0 aromatic heterocycles. The number of hydrogen-bond donors (Lipinski definition) is 0. The first-order valence-corrected chi connectivity index (χ1v) is 12.5. The number of unbranched alkanes of at least 4 members (excludes halogenated alkanes) is 1. The lowest BCUT2D eigenvalue weighted by Crippen LogP contribution is -2.30. The van der Waals surface area contributed by atoms with Gasteiger partial charge in [0.25, 0.3) is 0 Å². The molecule has 0 spiro atoms. The van der Waals surface area contributed by atoms with Crippen molar-refractivity contribution < 1.29 is 4.74 Å². The van der Waals surface area contributed by atoms with Gasteiger partial charge in [-0.25, -0.2) is 0 Å². The molecule has 1 fully saturated rings. The molecule has 0 radical (unpaired) electrons. The molecule has 0 amide bonds. The van der Waals surface area contributed by atoms with Gasteiger partial charge in [0.2, 0.25) is 0 Å². The van der Waals surface area contributed by atoms with Crippen molar-refractivity contribution in [1.29, 1.82) is 0 Å². The fraction of sp³-hybridized carbons (Fsp3) is 0.448. The molecule has 0 unspecified atom stereocenters. The molecule has 32 heavy (non-hydrogen) atoms. The van der Waals surface area contributed by atoms with Crippen molar-refractivity contribution in [3.63, 3.8) is 0 Å². The second kappa shape index (κ2) is 9.95. The number of para-hydroxylation sites is 1. The zero-order chi connectivity index (χ0) is 21.8. The van der Waals surface area contributed by atoms with Crippen molar-refractivity contribution >= 4 is 16.5 Å². The van der Waals surface area contributed by atoms with Crippen LogP contribution in [0.4, 0.5) is 5.69 Å². The Morgan fingerprint density at radius 3 is 2.59 bits per heavy atom. The Morgan fingerprint density at radius 2 is 1.69 bits per heavy atom. The normalized spacial score (nSPS) is 17.5. The molecule has 3 heteroatoms. The third-order valence-electron chi connectivity index (χ3n) is 7.29. The SMILES string of the molecule is C[C@@H](c1ccc2ccc(OCCCCN3CCCCC3)cc2c1)N1CCc2ccccc21. The summed E-state index contributed by atoms with van der Waals surface area (Å²) in [5, 5.41) is 2.55. The van der Waals surface area contributed by atoms with Gasteiger partial charge < -0.3 is 14.5 Å². The van der Waals surface area contributed by atoms with Crippen molar-refractivity contribution in [2.24, 2.45) is 0 Å². The number of benzene rings is 3. The van der Waals surface area contributed by atoms with Gasteiger partial charge >= 0.3 is 0 Å². The van der Waals surface area contributed by atoms with Crippen LogP contribution in [0.25, 0.3) is 10.8 Å². The number of anilines is 1. The minimum Gasteiger partial charge on any atom is -0.494 e. The molecule has 3 aromatic rings. The van der Waals surface area contributed by atoms with Crippen LogP contribution in [-0.4, -0.2) is 37.7 Å². The zero-order valence-electron chi connectivity index (χ0n) is 19.4. The Balaban J connectivity index is 1.20. The van der Waals surface area contributed by atoms with Crippen molar-refractivity contribution in [3.05, 3.63) is 71.8 Å². The summed E-state index contributed by atoms with van der Waals surface area (Å²) in [5.74, 6) is 0.992. The summed E-state index contributed by atoms with van der Waals surface area (Å²) in [5.41, 5.74) is 4.23. The van der Waals surface area contributed by atoms with Crippen LogP contribution < -0.4 is 9.64 Å². The average Bonchev–Trinajstić information content (AvgIpc) is 3.28. The van der Waals surface area contributed by atoms with Crippen LogP contribution in [0, 0.1) is 0 Å². The highest BCUT2D eigenvalue weighted by atomic mass is 16.5. The van der Waals surface area contributed by atoms with Crippen LogP contribution in [0.2, 0.25) is 0 Å². The van der Waals surface area contributed by atoms with E-state index in [0.29, 0.717) is 6.04 Å². The standard InChI is InChI=1S/C29H36N2O/c1-23(31-19-15-25-9-3-4-10-29(25)31)26-12-11-24-13-14-28(22-27(24)21-26)32-20-8-7-18-30-16-5-2-6-17-30/h3-4,9-14,21-23H,2,5-8,15-20H2,1H3/t23-/m0/s1. The average molecular weight is 429 g/mol. The lowest BCUT2D eigenvalue weighted by Gasteiger charge is -2.28. The van der Waals surface area contributed by atoms with E-state index in [4.69, 9.17) is 4.74 Å².